The molecule has 0 amide bonds. The Morgan fingerprint density at radius 3 is 3.00 bits per heavy atom. The summed E-state index contributed by atoms with van der Waals surface area (Å²) in [6.45, 7) is 5.53. The van der Waals surface area contributed by atoms with Crippen LogP contribution in [0.25, 0.3) is 0 Å². The summed E-state index contributed by atoms with van der Waals surface area (Å²) in [6, 6.07) is -0.349. The standard InChI is InChI=1S/C11H20N2O2S/c1-2-13-6-3-4-11(5-7-13)12-9(8-16-11)10(14)15/h9,12H,2-8H2,1H3,(H,14,15)/t9-,11?/m0/s1. The smallest absolute Gasteiger partial charge is 0.321 e. The highest BCUT2D eigenvalue weighted by Crippen LogP contribution is 2.39. The molecule has 2 aliphatic heterocycles. The van der Waals surface area contributed by atoms with Crippen LogP contribution in [0.1, 0.15) is 26.2 Å². The van der Waals surface area contributed by atoms with Gasteiger partial charge in [0.15, 0.2) is 0 Å². The van der Waals surface area contributed by atoms with E-state index in [4.69, 9.17) is 5.11 Å². The normalized spacial score (nSPS) is 36.4. The zero-order valence-corrected chi connectivity index (χ0v) is 10.6. The number of hydrogen-bond donors (Lipinski definition) is 2. The molecule has 0 bridgehead atoms. The van der Waals surface area contributed by atoms with Gasteiger partial charge in [-0.1, -0.05) is 6.92 Å². The van der Waals surface area contributed by atoms with Gasteiger partial charge >= 0.3 is 5.97 Å². The van der Waals surface area contributed by atoms with Crippen LogP contribution in [0, 0.1) is 0 Å². The Kier molecular flexibility index (Phi) is 3.77. The predicted octanol–water partition coefficient (Wildman–Crippen LogP) is 0.978. The zero-order chi connectivity index (χ0) is 11.6. The number of carboxylic acids is 1. The lowest BCUT2D eigenvalue weighted by atomic mass is 10.1. The molecule has 92 valence electrons. The van der Waals surface area contributed by atoms with E-state index in [-0.39, 0.29) is 10.9 Å². The van der Waals surface area contributed by atoms with Crippen molar-refractivity contribution < 1.29 is 9.90 Å². The Labute approximate surface area is 101 Å². The highest BCUT2D eigenvalue weighted by Gasteiger charge is 2.42. The second kappa shape index (κ2) is 4.94. The van der Waals surface area contributed by atoms with Gasteiger partial charge in [0.1, 0.15) is 6.04 Å². The van der Waals surface area contributed by atoms with Crippen molar-refractivity contribution in [1.82, 2.24) is 10.2 Å². The highest BCUT2D eigenvalue weighted by molar-refractivity contribution is 8.00. The van der Waals surface area contributed by atoms with Gasteiger partial charge in [-0.15, -0.1) is 11.8 Å². The first-order valence-corrected chi connectivity index (χ1v) is 7.00. The first kappa shape index (κ1) is 12.2. The third-order valence-corrected chi connectivity index (χ3v) is 5.17. The van der Waals surface area contributed by atoms with Gasteiger partial charge in [0, 0.05) is 12.3 Å². The molecule has 0 aliphatic carbocycles. The molecule has 2 fully saturated rings. The van der Waals surface area contributed by atoms with Crippen molar-refractivity contribution in [3.8, 4) is 0 Å². The molecule has 0 aromatic heterocycles. The monoisotopic (exact) mass is 244 g/mol. The molecule has 2 atom stereocenters. The van der Waals surface area contributed by atoms with E-state index in [9.17, 15) is 4.79 Å². The maximum absolute atomic E-state index is 10.9. The number of aliphatic carboxylic acids is 1. The molecule has 5 heteroatoms. The molecule has 1 unspecified atom stereocenters. The second-order valence-electron chi connectivity index (χ2n) is 4.63. The Morgan fingerprint density at radius 1 is 1.56 bits per heavy atom. The number of thioether (sulfide) groups is 1. The number of nitrogens with zero attached hydrogens (tertiary/aromatic N) is 1. The number of carboxylic acid groups (broad SMARTS) is 1. The van der Waals surface area contributed by atoms with Crippen molar-refractivity contribution in [1.29, 1.82) is 0 Å². The minimum absolute atomic E-state index is 0.0347. The summed E-state index contributed by atoms with van der Waals surface area (Å²) in [5, 5.41) is 12.3. The Hall–Kier alpha value is -0.260. The summed E-state index contributed by atoms with van der Waals surface area (Å²) in [7, 11) is 0. The van der Waals surface area contributed by atoms with Crippen LogP contribution in [0.5, 0.6) is 0 Å². The number of rotatable bonds is 2. The van der Waals surface area contributed by atoms with Crippen molar-refractivity contribution in [2.45, 2.75) is 37.1 Å². The lowest BCUT2D eigenvalue weighted by molar-refractivity contribution is -0.138. The molecule has 0 saturated carbocycles. The van der Waals surface area contributed by atoms with Crippen LogP contribution in [0.2, 0.25) is 0 Å². The number of nitrogens with one attached hydrogen (secondary N) is 1. The average molecular weight is 244 g/mol. The molecule has 0 aromatic carbocycles. The number of carbonyl (C=O) groups is 1. The van der Waals surface area contributed by atoms with Crippen molar-refractivity contribution in [3.63, 3.8) is 0 Å². The van der Waals surface area contributed by atoms with Crippen LogP contribution in [0.3, 0.4) is 0 Å². The summed E-state index contributed by atoms with van der Waals surface area (Å²) in [5.41, 5.74) is 0. The minimum Gasteiger partial charge on any atom is -0.480 e. The highest BCUT2D eigenvalue weighted by atomic mass is 32.2. The van der Waals surface area contributed by atoms with E-state index >= 15 is 0 Å². The van der Waals surface area contributed by atoms with Crippen molar-refractivity contribution in [2.24, 2.45) is 0 Å². The Morgan fingerprint density at radius 2 is 2.38 bits per heavy atom. The number of hydrogen-bond acceptors (Lipinski definition) is 4. The molecule has 0 aromatic rings. The summed E-state index contributed by atoms with van der Waals surface area (Å²) in [4.78, 5) is 13.4. The van der Waals surface area contributed by atoms with Crippen LogP contribution < -0.4 is 5.32 Å². The maximum Gasteiger partial charge on any atom is 0.321 e. The summed E-state index contributed by atoms with van der Waals surface area (Å²) in [5.74, 6) is 0.00234. The van der Waals surface area contributed by atoms with Gasteiger partial charge in [0.2, 0.25) is 0 Å². The van der Waals surface area contributed by atoms with Crippen molar-refractivity contribution >= 4 is 17.7 Å². The molecule has 0 radical (unpaired) electrons. The van der Waals surface area contributed by atoms with Crippen LogP contribution in [0.15, 0.2) is 0 Å². The first-order chi connectivity index (χ1) is 7.65. The molecular formula is C11H20N2O2S. The van der Waals surface area contributed by atoms with E-state index in [0.29, 0.717) is 5.75 Å². The lowest BCUT2D eigenvalue weighted by Crippen LogP contribution is -2.45. The van der Waals surface area contributed by atoms with Crippen molar-refractivity contribution in [2.75, 3.05) is 25.4 Å². The summed E-state index contributed by atoms with van der Waals surface area (Å²) < 4.78 is 0. The molecule has 2 saturated heterocycles. The first-order valence-electron chi connectivity index (χ1n) is 6.02. The van der Waals surface area contributed by atoms with Gasteiger partial charge in [0.25, 0.3) is 0 Å². The molecule has 2 aliphatic rings. The van der Waals surface area contributed by atoms with E-state index in [0.717, 1.165) is 32.5 Å². The van der Waals surface area contributed by atoms with Crippen molar-refractivity contribution in [3.05, 3.63) is 0 Å². The Bertz CT molecular complexity index is 275. The summed E-state index contributed by atoms with van der Waals surface area (Å²) in [6.07, 6.45) is 3.33. The predicted molar refractivity (Wildman–Crippen MR) is 65.7 cm³/mol. The van der Waals surface area contributed by atoms with Gasteiger partial charge in [-0.05, 0) is 32.4 Å². The maximum atomic E-state index is 10.9. The quantitative estimate of drug-likeness (QED) is 0.758. The second-order valence-corrected chi connectivity index (χ2v) is 6.03. The summed E-state index contributed by atoms with van der Waals surface area (Å²) >= 11 is 1.81. The van der Waals surface area contributed by atoms with Gasteiger partial charge < -0.3 is 10.0 Å². The third kappa shape index (κ3) is 2.52. The molecule has 4 nitrogen and oxygen atoms in total. The molecule has 2 N–H and O–H groups in total. The van der Waals surface area contributed by atoms with E-state index in [2.05, 4.69) is 17.1 Å². The van der Waals surface area contributed by atoms with Gasteiger partial charge in [-0.3, -0.25) is 10.1 Å². The van der Waals surface area contributed by atoms with Crippen LogP contribution >= 0.6 is 11.8 Å². The van der Waals surface area contributed by atoms with Gasteiger partial charge in [-0.25, -0.2) is 0 Å². The molecule has 16 heavy (non-hydrogen) atoms. The van der Waals surface area contributed by atoms with Crippen LogP contribution in [-0.4, -0.2) is 52.3 Å². The fourth-order valence-electron chi connectivity index (χ4n) is 2.55. The van der Waals surface area contributed by atoms with Gasteiger partial charge in [0.05, 0.1) is 4.87 Å². The van der Waals surface area contributed by atoms with Crippen LogP contribution in [-0.2, 0) is 4.79 Å². The fourth-order valence-corrected chi connectivity index (χ4v) is 4.01. The number of likely N-dealkylation sites (tertiary alicyclic amines) is 1. The van der Waals surface area contributed by atoms with E-state index < -0.39 is 5.97 Å². The molecule has 1 spiro atoms. The molecule has 2 heterocycles. The fraction of sp³-hybridized carbons (Fsp3) is 0.909. The molecular weight excluding hydrogens is 224 g/mol. The lowest BCUT2D eigenvalue weighted by Gasteiger charge is -2.27. The van der Waals surface area contributed by atoms with E-state index in [1.54, 1.807) is 0 Å². The molecule has 2 rings (SSSR count). The SMILES string of the molecule is CCN1CCCC2(CC1)N[C@H](C(=O)O)CS2. The van der Waals surface area contributed by atoms with Gasteiger partial charge in [-0.2, -0.15) is 0 Å². The Balaban J connectivity index is 1.96. The van der Waals surface area contributed by atoms with Crippen LogP contribution in [0.4, 0.5) is 0 Å². The van der Waals surface area contributed by atoms with E-state index in [1.165, 1.54) is 6.42 Å². The largest absolute Gasteiger partial charge is 0.480 e. The van der Waals surface area contributed by atoms with E-state index in [1.807, 2.05) is 11.8 Å². The topological polar surface area (TPSA) is 52.6 Å². The zero-order valence-electron chi connectivity index (χ0n) is 9.74. The average Bonchev–Trinajstić information content (AvgIpc) is 2.56. The minimum atomic E-state index is -0.707. The third-order valence-electron chi connectivity index (χ3n) is 3.60.